The first-order chi connectivity index (χ1) is 9.72. The van der Waals surface area contributed by atoms with Crippen LogP contribution in [-0.2, 0) is 9.53 Å². The highest BCUT2D eigenvalue weighted by atomic mass is 16.5. The topological polar surface area (TPSA) is 46.6 Å². The fourth-order valence-electron chi connectivity index (χ4n) is 2.81. The highest BCUT2D eigenvalue weighted by molar-refractivity contribution is 5.97. The van der Waals surface area contributed by atoms with E-state index in [9.17, 15) is 9.59 Å². The van der Waals surface area contributed by atoms with E-state index in [1.807, 2.05) is 42.5 Å². The SMILES string of the molecule is COC(=O)N1CCC(=O)C1c1cccc2ccccc12. The number of hydrogen-bond donors (Lipinski definition) is 0. The standard InChI is InChI=1S/C16H15NO3/c1-20-16(19)17-10-9-14(18)15(17)13-8-4-6-11-5-2-3-7-12(11)13/h2-8,15H,9-10H2,1H3. The van der Waals surface area contributed by atoms with Crippen LogP contribution < -0.4 is 0 Å². The zero-order chi connectivity index (χ0) is 14.1. The van der Waals surface area contributed by atoms with Gasteiger partial charge in [0.1, 0.15) is 6.04 Å². The molecule has 1 atom stereocenters. The Morgan fingerprint density at radius 2 is 1.95 bits per heavy atom. The van der Waals surface area contributed by atoms with Crippen LogP contribution in [0.4, 0.5) is 4.79 Å². The Balaban J connectivity index is 2.13. The first-order valence-corrected chi connectivity index (χ1v) is 6.57. The van der Waals surface area contributed by atoms with Crippen LogP contribution in [0.3, 0.4) is 0 Å². The van der Waals surface area contributed by atoms with Crippen LogP contribution in [0.5, 0.6) is 0 Å². The van der Waals surface area contributed by atoms with Crippen molar-refractivity contribution < 1.29 is 14.3 Å². The molecular formula is C16H15NO3. The van der Waals surface area contributed by atoms with E-state index in [-0.39, 0.29) is 5.78 Å². The van der Waals surface area contributed by atoms with Gasteiger partial charge in [0.2, 0.25) is 0 Å². The number of amides is 1. The Kier molecular flexibility index (Phi) is 3.14. The molecule has 2 aromatic rings. The van der Waals surface area contributed by atoms with E-state index in [1.165, 1.54) is 12.0 Å². The van der Waals surface area contributed by atoms with E-state index in [0.29, 0.717) is 13.0 Å². The van der Waals surface area contributed by atoms with E-state index in [0.717, 1.165) is 16.3 Å². The van der Waals surface area contributed by atoms with Crippen LogP contribution in [0, 0.1) is 0 Å². The zero-order valence-electron chi connectivity index (χ0n) is 11.2. The second kappa shape index (κ2) is 4.96. The van der Waals surface area contributed by atoms with Gasteiger partial charge in [-0.25, -0.2) is 4.79 Å². The minimum atomic E-state index is -0.534. The third kappa shape index (κ3) is 1.93. The molecule has 1 fully saturated rings. The van der Waals surface area contributed by atoms with Crippen molar-refractivity contribution in [2.24, 2.45) is 0 Å². The van der Waals surface area contributed by atoms with Crippen molar-refractivity contribution in [2.45, 2.75) is 12.5 Å². The molecular weight excluding hydrogens is 254 g/mol. The highest BCUT2D eigenvalue weighted by Crippen LogP contribution is 2.33. The van der Waals surface area contributed by atoms with Crippen LogP contribution in [0.2, 0.25) is 0 Å². The van der Waals surface area contributed by atoms with Gasteiger partial charge in [0, 0.05) is 13.0 Å². The molecule has 0 aromatic heterocycles. The minimum Gasteiger partial charge on any atom is -0.453 e. The van der Waals surface area contributed by atoms with Gasteiger partial charge in [0.25, 0.3) is 0 Å². The van der Waals surface area contributed by atoms with Crippen molar-refractivity contribution in [2.75, 3.05) is 13.7 Å². The smallest absolute Gasteiger partial charge is 0.410 e. The van der Waals surface area contributed by atoms with E-state index < -0.39 is 12.1 Å². The second-order valence-electron chi connectivity index (χ2n) is 4.85. The molecule has 1 saturated heterocycles. The van der Waals surface area contributed by atoms with E-state index in [1.54, 1.807) is 0 Å². The lowest BCUT2D eigenvalue weighted by atomic mass is 9.97. The number of Topliss-reactive ketones (excluding diaryl/α,β-unsaturated/α-hetero) is 1. The number of ether oxygens (including phenoxy) is 1. The normalized spacial score (nSPS) is 18.6. The first-order valence-electron chi connectivity index (χ1n) is 6.57. The molecule has 1 aliphatic rings. The summed E-state index contributed by atoms with van der Waals surface area (Å²) in [5.41, 5.74) is 0.871. The molecule has 1 aliphatic heterocycles. The van der Waals surface area contributed by atoms with Crippen LogP contribution in [0.1, 0.15) is 18.0 Å². The maximum absolute atomic E-state index is 12.2. The fraction of sp³-hybridized carbons (Fsp3) is 0.250. The van der Waals surface area contributed by atoms with E-state index in [2.05, 4.69) is 0 Å². The maximum atomic E-state index is 12.2. The Hall–Kier alpha value is -2.36. The van der Waals surface area contributed by atoms with E-state index in [4.69, 9.17) is 4.74 Å². The van der Waals surface area contributed by atoms with Crippen LogP contribution in [-0.4, -0.2) is 30.4 Å². The average molecular weight is 269 g/mol. The lowest BCUT2D eigenvalue weighted by molar-refractivity contribution is -0.119. The predicted molar refractivity (Wildman–Crippen MR) is 75.4 cm³/mol. The summed E-state index contributed by atoms with van der Waals surface area (Å²) in [7, 11) is 1.34. The number of methoxy groups -OCH3 is 1. The molecule has 4 nitrogen and oxygen atoms in total. The lowest BCUT2D eigenvalue weighted by Gasteiger charge is -2.23. The monoisotopic (exact) mass is 269 g/mol. The summed E-state index contributed by atoms with van der Waals surface area (Å²) in [4.78, 5) is 25.5. The summed E-state index contributed by atoms with van der Waals surface area (Å²) >= 11 is 0. The number of likely N-dealkylation sites (tertiary alicyclic amines) is 1. The van der Waals surface area contributed by atoms with Gasteiger partial charge in [0.05, 0.1) is 7.11 Å². The Morgan fingerprint density at radius 1 is 1.20 bits per heavy atom. The van der Waals surface area contributed by atoms with Crippen LogP contribution in [0.15, 0.2) is 42.5 Å². The lowest BCUT2D eigenvalue weighted by Crippen LogP contribution is -2.32. The third-order valence-corrected chi connectivity index (χ3v) is 3.74. The largest absolute Gasteiger partial charge is 0.453 e. The number of ketones is 1. The van der Waals surface area contributed by atoms with Gasteiger partial charge in [-0.2, -0.15) is 0 Å². The minimum absolute atomic E-state index is 0.0618. The first kappa shape index (κ1) is 12.7. The quantitative estimate of drug-likeness (QED) is 0.799. The Bertz CT molecular complexity index is 675. The molecule has 0 aliphatic carbocycles. The average Bonchev–Trinajstić information content (AvgIpc) is 2.87. The molecule has 0 saturated carbocycles. The summed E-state index contributed by atoms with van der Waals surface area (Å²) in [5.74, 6) is 0.0618. The number of fused-ring (bicyclic) bond motifs is 1. The molecule has 3 rings (SSSR count). The molecule has 1 heterocycles. The van der Waals surface area contributed by atoms with Gasteiger partial charge in [-0.3, -0.25) is 9.69 Å². The van der Waals surface area contributed by atoms with Gasteiger partial charge < -0.3 is 4.74 Å². The highest BCUT2D eigenvalue weighted by Gasteiger charge is 2.38. The molecule has 0 spiro atoms. The Morgan fingerprint density at radius 3 is 2.75 bits per heavy atom. The summed E-state index contributed by atoms with van der Waals surface area (Å²) in [6, 6.07) is 13.2. The van der Waals surface area contributed by atoms with E-state index >= 15 is 0 Å². The molecule has 1 amide bonds. The second-order valence-corrected chi connectivity index (χ2v) is 4.85. The molecule has 2 aromatic carbocycles. The van der Waals surface area contributed by atoms with Gasteiger partial charge in [-0.1, -0.05) is 42.5 Å². The summed E-state index contributed by atoms with van der Waals surface area (Å²) < 4.78 is 4.78. The molecule has 0 N–H and O–H groups in total. The number of rotatable bonds is 1. The Labute approximate surface area is 116 Å². The summed E-state index contributed by atoms with van der Waals surface area (Å²) in [6.07, 6.45) is -0.0722. The van der Waals surface area contributed by atoms with Gasteiger partial charge in [0.15, 0.2) is 5.78 Å². The van der Waals surface area contributed by atoms with Crippen molar-refractivity contribution in [1.82, 2.24) is 4.90 Å². The van der Waals surface area contributed by atoms with Crippen LogP contribution in [0.25, 0.3) is 10.8 Å². The number of benzene rings is 2. The van der Waals surface area contributed by atoms with Crippen molar-refractivity contribution in [3.8, 4) is 0 Å². The van der Waals surface area contributed by atoms with Gasteiger partial charge in [-0.15, -0.1) is 0 Å². The zero-order valence-corrected chi connectivity index (χ0v) is 11.2. The number of carbonyl (C=O) groups excluding carboxylic acids is 2. The van der Waals surface area contributed by atoms with Gasteiger partial charge >= 0.3 is 6.09 Å². The summed E-state index contributed by atoms with van der Waals surface area (Å²) in [6.45, 7) is 0.416. The van der Waals surface area contributed by atoms with Crippen molar-refractivity contribution in [3.05, 3.63) is 48.0 Å². The number of hydrogen-bond acceptors (Lipinski definition) is 3. The maximum Gasteiger partial charge on any atom is 0.410 e. The molecule has 102 valence electrons. The number of nitrogens with zero attached hydrogens (tertiary/aromatic N) is 1. The molecule has 0 bridgehead atoms. The van der Waals surface area contributed by atoms with Crippen molar-refractivity contribution >= 4 is 22.6 Å². The summed E-state index contributed by atoms with van der Waals surface area (Å²) in [5, 5.41) is 2.07. The molecule has 1 unspecified atom stereocenters. The van der Waals surface area contributed by atoms with Crippen molar-refractivity contribution in [3.63, 3.8) is 0 Å². The molecule has 0 radical (unpaired) electrons. The van der Waals surface area contributed by atoms with Gasteiger partial charge in [-0.05, 0) is 16.3 Å². The molecule has 20 heavy (non-hydrogen) atoms. The molecule has 4 heteroatoms. The van der Waals surface area contributed by atoms with Crippen molar-refractivity contribution in [1.29, 1.82) is 0 Å². The van der Waals surface area contributed by atoms with Crippen LogP contribution >= 0.6 is 0 Å². The number of carbonyl (C=O) groups is 2. The third-order valence-electron chi connectivity index (χ3n) is 3.74. The fourth-order valence-corrected chi connectivity index (χ4v) is 2.81. The predicted octanol–water partition coefficient (Wildman–Crippen LogP) is 2.92.